The highest BCUT2D eigenvalue weighted by molar-refractivity contribution is 6.35. The smallest absolute Gasteiger partial charge is 0.310 e. The van der Waals surface area contributed by atoms with Gasteiger partial charge >= 0.3 is 11.8 Å². The molecule has 2 N–H and O–H groups in total. The molecule has 0 unspecified atom stereocenters. The van der Waals surface area contributed by atoms with Gasteiger partial charge in [0.05, 0.1) is 0 Å². The maximum Gasteiger partial charge on any atom is 0.310 e. The fourth-order valence-corrected chi connectivity index (χ4v) is 2.71. The Morgan fingerprint density at radius 2 is 1.96 bits per heavy atom. The van der Waals surface area contributed by atoms with Crippen molar-refractivity contribution in [2.75, 3.05) is 25.2 Å². The first-order valence-corrected chi connectivity index (χ1v) is 7.97. The maximum absolute atomic E-state index is 12.6. The first kappa shape index (κ1) is 17.9. The molecule has 0 bridgehead atoms. The fraction of sp³-hybridized carbons (Fsp3) is 0.471. The van der Waals surface area contributed by atoms with Crippen molar-refractivity contribution in [2.24, 2.45) is 0 Å². The molecule has 24 heavy (non-hydrogen) atoms. The average molecular weight is 333 g/mol. The fourth-order valence-electron chi connectivity index (χ4n) is 2.71. The van der Waals surface area contributed by atoms with E-state index in [0.717, 1.165) is 5.69 Å². The highest BCUT2D eigenvalue weighted by atomic mass is 16.5. The lowest BCUT2D eigenvalue weighted by Crippen LogP contribution is -2.45. The van der Waals surface area contributed by atoms with Gasteiger partial charge in [-0.05, 0) is 26.3 Å². The lowest BCUT2D eigenvalue weighted by atomic mass is 10.1. The van der Waals surface area contributed by atoms with Crippen LogP contribution in [0.4, 0.5) is 5.69 Å². The van der Waals surface area contributed by atoms with Gasteiger partial charge in [0.15, 0.2) is 0 Å². The maximum atomic E-state index is 12.6. The summed E-state index contributed by atoms with van der Waals surface area (Å²) < 4.78 is 4.88. The number of fused-ring (bicyclic) bond motifs is 1. The Bertz CT molecular complexity index is 630. The summed E-state index contributed by atoms with van der Waals surface area (Å²) in [5.41, 5.74) is 1.47. The van der Waals surface area contributed by atoms with Crippen LogP contribution in [0.2, 0.25) is 0 Å². The van der Waals surface area contributed by atoms with E-state index in [1.807, 2.05) is 26.0 Å². The average Bonchev–Trinajstić information content (AvgIpc) is 2.83. The lowest BCUT2D eigenvalue weighted by Gasteiger charge is -2.22. The predicted molar refractivity (Wildman–Crippen MR) is 89.5 cm³/mol. The lowest BCUT2D eigenvalue weighted by molar-refractivity contribution is -0.140. The molecule has 2 rings (SSSR count). The second-order valence-corrected chi connectivity index (χ2v) is 5.87. The predicted octanol–water partition coefficient (Wildman–Crippen LogP) is 0.752. The Morgan fingerprint density at radius 1 is 1.25 bits per heavy atom. The summed E-state index contributed by atoms with van der Waals surface area (Å²) in [6.45, 7) is 4.65. The number of anilines is 1. The Labute approximate surface area is 141 Å². The number of carbonyl (C=O) groups excluding carboxylic acids is 3. The number of amides is 3. The normalized spacial score (nSPS) is 16.2. The minimum absolute atomic E-state index is 0.0385. The number of methoxy groups -OCH3 is 1. The zero-order valence-corrected chi connectivity index (χ0v) is 14.2. The van der Waals surface area contributed by atoms with Gasteiger partial charge in [-0.25, -0.2) is 0 Å². The van der Waals surface area contributed by atoms with E-state index in [1.54, 1.807) is 24.1 Å². The third kappa shape index (κ3) is 3.73. The van der Waals surface area contributed by atoms with Crippen LogP contribution >= 0.6 is 0 Å². The third-order valence-corrected chi connectivity index (χ3v) is 3.80. The molecule has 1 aliphatic heterocycles. The van der Waals surface area contributed by atoms with Gasteiger partial charge in [-0.15, -0.1) is 0 Å². The zero-order valence-electron chi connectivity index (χ0n) is 14.2. The number of nitrogens with zero attached hydrogens (tertiary/aromatic N) is 1. The standard InChI is InChI=1S/C17H23N3O4/c1-11(2)20-13-8-5-4-7-12(13)14(17(20)23)19-16(22)15(21)18-9-6-10-24-3/h4-5,7-8,11,14H,6,9-10H2,1-3H3,(H,18,21)(H,19,22)/t14-/m0/s1. The van der Waals surface area contributed by atoms with Gasteiger partial charge < -0.3 is 20.3 Å². The van der Waals surface area contributed by atoms with Gasteiger partial charge in [0, 0.05) is 37.6 Å². The van der Waals surface area contributed by atoms with E-state index < -0.39 is 17.9 Å². The monoisotopic (exact) mass is 333 g/mol. The van der Waals surface area contributed by atoms with E-state index in [2.05, 4.69) is 10.6 Å². The summed E-state index contributed by atoms with van der Waals surface area (Å²) in [5, 5.41) is 5.05. The van der Waals surface area contributed by atoms with Crippen molar-refractivity contribution in [3.05, 3.63) is 29.8 Å². The molecule has 0 spiro atoms. The van der Waals surface area contributed by atoms with Gasteiger partial charge in [-0.1, -0.05) is 18.2 Å². The van der Waals surface area contributed by atoms with Crippen LogP contribution in [-0.4, -0.2) is 44.0 Å². The summed E-state index contributed by atoms with van der Waals surface area (Å²) in [5.74, 6) is -1.79. The van der Waals surface area contributed by atoms with Gasteiger partial charge in [0.1, 0.15) is 6.04 Å². The van der Waals surface area contributed by atoms with Gasteiger partial charge in [-0.3, -0.25) is 14.4 Å². The molecule has 0 saturated carbocycles. The zero-order chi connectivity index (χ0) is 17.7. The summed E-state index contributed by atoms with van der Waals surface area (Å²) in [6, 6.07) is 6.40. The topological polar surface area (TPSA) is 87.7 Å². The molecule has 1 heterocycles. The largest absolute Gasteiger partial charge is 0.385 e. The molecule has 1 atom stereocenters. The van der Waals surface area contributed by atoms with Crippen LogP contribution in [-0.2, 0) is 19.1 Å². The number of benzene rings is 1. The Kier molecular flexibility index (Phi) is 5.92. The number of carbonyl (C=O) groups is 3. The Balaban J connectivity index is 2.05. The molecule has 3 amide bonds. The number of nitrogens with one attached hydrogen (secondary N) is 2. The van der Waals surface area contributed by atoms with E-state index in [-0.39, 0.29) is 11.9 Å². The second-order valence-electron chi connectivity index (χ2n) is 5.87. The molecule has 1 aromatic rings. The Morgan fingerprint density at radius 3 is 2.62 bits per heavy atom. The number of ether oxygens (including phenoxy) is 1. The molecule has 130 valence electrons. The van der Waals surface area contributed by atoms with Crippen LogP contribution in [0.3, 0.4) is 0 Å². The van der Waals surface area contributed by atoms with Gasteiger partial charge in [0.25, 0.3) is 5.91 Å². The van der Waals surface area contributed by atoms with Crippen molar-refractivity contribution >= 4 is 23.4 Å². The molecule has 0 saturated heterocycles. The summed E-state index contributed by atoms with van der Waals surface area (Å²) >= 11 is 0. The highest BCUT2D eigenvalue weighted by Crippen LogP contribution is 2.36. The molecule has 0 fully saturated rings. The molecular weight excluding hydrogens is 310 g/mol. The minimum Gasteiger partial charge on any atom is -0.385 e. The second kappa shape index (κ2) is 7.92. The van der Waals surface area contributed by atoms with Crippen LogP contribution in [0.5, 0.6) is 0 Å². The van der Waals surface area contributed by atoms with Crippen molar-refractivity contribution in [1.82, 2.24) is 10.6 Å². The van der Waals surface area contributed by atoms with Crippen molar-refractivity contribution in [2.45, 2.75) is 32.4 Å². The molecule has 0 radical (unpaired) electrons. The van der Waals surface area contributed by atoms with E-state index in [4.69, 9.17) is 4.74 Å². The van der Waals surface area contributed by atoms with Gasteiger partial charge in [-0.2, -0.15) is 0 Å². The van der Waals surface area contributed by atoms with Crippen molar-refractivity contribution in [3.8, 4) is 0 Å². The molecule has 0 aliphatic carbocycles. The van der Waals surface area contributed by atoms with Gasteiger partial charge in [0.2, 0.25) is 0 Å². The molecule has 7 nitrogen and oxygen atoms in total. The van der Waals surface area contributed by atoms with Crippen LogP contribution in [0.1, 0.15) is 31.9 Å². The first-order valence-electron chi connectivity index (χ1n) is 7.97. The van der Waals surface area contributed by atoms with E-state index in [9.17, 15) is 14.4 Å². The van der Waals surface area contributed by atoms with Crippen LogP contribution in [0.15, 0.2) is 24.3 Å². The number of hydrogen-bond acceptors (Lipinski definition) is 4. The quantitative estimate of drug-likeness (QED) is 0.594. The summed E-state index contributed by atoms with van der Waals surface area (Å²) in [4.78, 5) is 38.2. The van der Waals surface area contributed by atoms with E-state index in [0.29, 0.717) is 25.1 Å². The first-order chi connectivity index (χ1) is 11.5. The van der Waals surface area contributed by atoms with Crippen molar-refractivity contribution in [3.63, 3.8) is 0 Å². The SMILES string of the molecule is COCCCNC(=O)C(=O)N[C@@H]1C(=O)N(C(C)C)c2ccccc21. The van der Waals surface area contributed by atoms with Crippen LogP contribution < -0.4 is 15.5 Å². The van der Waals surface area contributed by atoms with Crippen molar-refractivity contribution < 1.29 is 19.1 Å². The van der Waals surface area contributed by atoms with Crippen LogP contribution in [0.25, 0.3) is 0 Å². The van der Waals surface area contributed by atoms with E-state index in [1.165, 1.54) is 0 Å². The minimum atomic E-state index is -0.833. The summed E-state index contributed by atoms with van der Waals surface area (Å²) in [7, 11) is 1.57. The third-order valence-electron chi connectivity index (χ3n) is 3.80. The highest BCUT2D eigenvalue weighted by Gasteiger charge is 2.39. The number of para-hydroxylation sites is 1. The van der Waals surface area contributed by atoms with Crippen molar-refractivity contribution in [1.29, 1.82) is 0 Å². The van der Waals surface area contributed by atoms with E-state index >= 15 is 0 Å². The molecular formula is C17H23N3O4. The molecule has 0 aromatic heterocycles. The Hall–Kier alpha value is -2.41. The van der Waals surface area contributed by atoms with Crippen LogP contribution in [0, 0.1) is 0 Å². The molecule has 1 aromatic carbocycles. The number of rotatable bonds is 6. The summed E-state index contributed by atoms with van der Waals surface area (Å²) in [6.07, 6.45) is 0.613. The molecule has 7 heteroatoms. The number of hydrogen-bond donors (Lipinski definition) is 2. The molecule has 1 aliphatic rings.